The summed E-state index contributed by atoms with van der Waals surface area (Å²) in [4.78, 5) is 0. The van der Waals surface area contributed by atoms with Crippen LogP contribution >= 0.6 is 22.6 Å². The molecular weight excluding hydrogens is 242 g/mol. The van der Waals surface area contributed by atoms with Crippen molar-refractivity contribution in [3.8, 4) is 0 Å². The fourth-order valence-corrected chi connectivity index (χ4v) is 0.663. The molecule has 0 aromatic rings. The van der Waals surface area contributed by atoms with Gasteiger partial charge in [-0.15, -0.1) is 0 Å². The molecule has 0 atom stereocenters. The molecule has 0 aliphatic heterocycles. The van der Waals surface area contributed by atoms with Crippen LogP contribution in [0.25, 0.3) is 0 Å². The van der Waals surface area contributed by atoms with Gasteiger partial charge in [0.05, 0.1) is 0 Å². The van der Waals surface area contributed by atoms with Crippen LogP contribution in [0.1, 0.15) is 13.8 Å². The Labute approximate surface area is 74.7 Å². The molecule has 0 aliphatic rings. The molecule has 0 rings (SSSR count). The molecule has 2 heteroatoms. The van der Waals surface area contributed by atoms with Crippen molar-refractivity contribution in [2.24, 2.45) is 0 Å². The number of allylic oxidation sites excluding steroid dienone is 5. The molecule has 0 bridgehead atoms. The highest BCUT2D eigenvalue weighted by molar-refractivity contribution is 14.1. The maximum absolute atomic E-state index is 12.8. The van der Waals surface area contributed by atoms with E-state index in [0.29, 0.717) is 9.15 Å². The van der Waals surface area contributed by atoms with E-state index in [1.807, 2.05) is 22.6 Å². The molecule has 0 saturated carbocycles. The normalized spacial score (nSPS) is 13.6. The predicted octanol–water partition coefficient (Wildman–Crippen LogP) is 3.75. The lowest BCUT2D eigenvalue weighted by molar-refractivity contribution is 0.651. The van der Waals surface area contributed by atoms with Gasteiger partial charge >= 0.3 is 0 Å². The first kappa shape index (κ1) is 9.88. The lowest BCUT2D eigenvalue weighted by atomic mass is 10.2. The maximum atomic E-state index is 12.8. The van der Waals surface area contributed by atoms with Crippen molar-refractivity contribution in [2.45, 2.75) is 13.8 Å². The molecule has 56 valence electrons. The van der Waals surface area contributed by atoms with Crippen LogP contribution in [0.15, 0.2) is 33.7 Å². The molecule has 0 unspecified atom stereocenters. The molecular formula is C8H10FI. The van der Waals surface area contributed by atoms with Crippen molar-refractivity contribution in [2.75, 3.05) is 0 Å². The SMILES string of the molecule is C=C(I)/C=C(F)\C(C)=C/C. The van der Waals surface area contributed by atoms with E-state index in [9.17, 15) is 4.39 Å². The first-order chi connectivity index (χ1) is 4.57. The Balaban J connectivity index is 4.35. The Morgan fingerprint density at radius 2 is 2.10 bits per heavy atom. The maximum Gasteiger partial charge on any atom is 0.126 e. The topological polar surface area (TPSA) is 0 Å². The summed E-state index contributed by atoms with van der Waals surface area (Å²) >= 11 is 1.97. The average Bonchev–Trinajstić information content (AvgIpc) is 1.85. The van der Waals surface area contributed by atoms with E-state index in [1.54, 1.807) is 19.9 Å². The van der Waals surface area contributed by atoms with Gasteiger partial charge in [0.25, 0.3) is 0 Å². The smallest absolute Gasteiger partial charge is 0.126 e. The number of hydrogen-bond acceptors (Lipinski definition) is 0. The monoisotopic (exact) mass is 252 g/mol. The van der Waals surface area contributed by atoms with Crippen LogP contribution in [0.5, 0.6) is 0 Å². The third kappa shape index (κ3) is 3.82. The molecule has 0 aromatic carbocycles. The lowest BCUT2D eigenvalue weighted by Gasteiger charge is -1.93. The second-order valence-corrected chi connectivity index (χ2v) is 3.30. The van der Waals surface area contributed by atoms with Crippen LogP contribution in [-0.4, -0.2) is 0 Å². The zero-order chi connectivity index (χ0) is 8.15. The van der Waals surface area contributed by atoms with Gasteiger partial charge in [0.2, 0.25) is 0 Å². The minimum Gasteiger partial charge on any atom is -0.207 e. The van der Waals surface area contributed by atoms with Gasteiger partial charge in [0, 0.05) is 3.58 Å². The Bertz CT molecular complexity index is 189. The van der Waals surface area contributed by atoms with Gasteiger partial charge in [0.1, 0.15) is 5.83 Å². The first-order valence-electron chi connectivity index (χ1n) is 2.92. The van der Waals surface area contributed by atoms with Crippen LogP contribution in [0.3, 0.4) is 0 Å². The van der Waals surface area contributed by atoms with Gasteiger partial charge in [-0.1, -0.05) is 12.7 Å². The molecule has 0 nitrogen and oxygen atoms in total. The molecule has 0 amide bonds. The first-order valence-corrected chi connectivity index (χ1v) is 4.00. The van der Waals surface area contributed by atoms with E-state index in [4.69, 9.17) is 0 Å². The number of rotatable bonds is 2. The van der Waals surface area contributed by atoms with Crippen molar-refractivity contribution in [3.63, 3.8) is 0 Å². The average molecular weight is 252 g/mol. The Morgan fingerprint density at radius 1 is 1.60 bits per heavy atom. The van der Waals surface area contributed by atoms with E-state index in [1.165, 1.54) is 6.08 Å². The largest absolute Gasteiger partial charge is 0.207 e. The Hall–Kier alpha value is -0.120. The van der Waals surface area contributed by atoms with E-state index in [2.05, 4.69) is 6.58 Å². The van der Waals surface area contributed by atoms with Crippen molar-refractivity contribution < 1.29 is 4.39 Å². The zero-order valence-electron chi connectivity index (χ0n) is 6.12. The summed E-state index contributed by atoms with van der Waals surface area (Å²) in [5.41, 5.74) is 0.651. The van der Waals surface area contributed by atoms with Gasteiger partial charge in [-0.05, 0) is 48.1 Å². The fourth-order valence-electron chi connectivity index (χ4n) is 0.389. The van der Waals surface area contributed by atoms with Gasteiger partial charge < -0.3 is 0 Å². The quantitative estimate of drug-likeness (QED) is 0.518. The van der Waals surface area contributed by atoms with Gasteiger partial charge in [-0.2, -0.15) is 0 Å². The van der Waals surface area contributed by atoms with E-state index < -0.39 is 0 Å². The Kier molecular flexibility index (Phi) is 4.60. The van der Waals surface area contributed by atoms with Gasteiger partial charge in [-0.25, -0.2) is 4.39 Å². The minimum atomic E-state index is -0.207. The summed E-state index contributed by atoms with van der Waals surface area (Å²) in [7, 11) is 0. The molecule has 10 heavy (non-hydrogen) atoms. The summed E-state index contributed by atoms with van der Waals surface area (Å²) in [6, 6.07) is 0. The zero-order valence-corrected chi connectivity index (χ0v) is 8.28. The summed E-state index contributed by atoms with van der Waals surface area (Å²) in [6.45, 7) is 7.09. The van der Waals surface area contributed by atoms with E-state index in [-0.39, 0.29) is 5.83 Å². The van der Waals surface area contributed by atoms with Crippen LogP contribution in [0, 0.1) is 0 Å². The second-order valence-electron chi connectivity index (χ2n) is 1.91. The fraction of sp³-hybridized carbons (Fsp3) is 0.250. The standard InChI is InChI=1S/C8H10FI/c1-4-6(2)8(9)5-7(3)10/h4-5H,3H2,1-2H3/b6-4-,8-5+. The molecule has 0 radical (unpaired) electrons. The van der Waals surface area contributed by atoms with Gasteiger partial charge in [0.15, 0.2) is 0 Å². The molecule has 0 aromatic heterocycles. The van der Waals surface area contributed by atoms with Crippen LogP contribution in [-0.2, 0) is 0 Å². The summed E-state index contributed by atoms with van der Waals surface area (Å²) in [5.74, 6) is -0.207. The summed E-state index contributed by atoms with van der Waals surface area (Å²) < 4.78 is 13.5. The van der Waals surface area contributed by atoms with E-state index in [0.717, 1.165) is 0 Å². The predicted molar refractivity (Wildman–Crippen MR) is 51.8 cm³/mol. The molecule has 0 N–H and O–H groups in total. The highest BCUT2D eigenvalue weighted by Crippen LogP contribution is 2.15. The van der Waals surface area contributed by atoms with Crippen molar-refractivity contribution in [1.29, 1.82) is 0 Å². The third-order valence-electron chi connectivity index (χ3n) is 1.09. The van der Waals surface area contributed by atoms with Crippen LogP contribution in [0.2, 0.25) is 0 Å². The van der Waals surface area contributed by atoms with Crippen molar-refractivity contribution in [1.82, 2.24) is 0 Å². The molecule has 0 aliphatic carbocycles. The molecule has 0 heterocycles. The van der Waals surface area contributed by atoms with Crippen molar-refractivity contribution >= 4 is 22.6 Å². The Morgan fingerprint density at radius 3 is 2.40 bits per heavy atom. The van der Waals surface area contributed by atoms with Crippen LogP contribution in [0.4, 0.5) is 4.39 Å². The number of halogens is 2. The highest BCUT2D eigenvalue weighted by Gasteiger charge is 1.94. The van der Waals surface area contributed by atoms with Gasteiger partial charge in [-0.3, -0.25) is 0 Å². The van der Waals surface area contributed by atoms with Crippen LogP contribution < -0.4 is 0 Å². The molecule has 0 fully saturated rings. The third-order valence-corrected chi connectivity index (χ3v) is 1.40. The van der Waals surface area contributed by atoms with E-state index >= 15 is 0 Å². The molecule has 0 spiro atoms. The number of hydrogen-bond donors (Lipinski definition) is 0. The highest BCUT2D eigenvalue weighted by atomic mass is 127. The van der Waals surface area contributed by atoms with Crippen molar-refractivity contribution in [3.05, 3.63) is 33.7 Å². The second kappa shape index (κ2) is 4.66. The molecule has 0 saturated heterocycles. The summed E-state index contributed by atoms with van der Waals surface area (Å²) in [5, 5.41) is 0. The lowest BCUT2D eigenvalue weighted by Crippen LogP contribution is -1.75. The minimum absolute atomic E-state index is 0.207. The summed E-state index contributed by atoms with van der Waals surface area (Å²) in [6.07, 6.45) is 3.14.